The third-order valence-electron chi connectivity index (χ3n) is 2.44. The molecular weight excluding hydrogens is 234 g/mol. The number of hydrogen-bond acceptors (Lipinski definition) is 4. The fraction of sp³-hybridized carbons (Fsp3) is 0.231. The predicted molar refractivity (Wildman–Crippen MR) is 66.1 cm³/mol. The molecule has 0 aliphatic rings. The monoisotopic (exact) mass is 249 g/mol. The molecule has 0 aromatic heterocycles. The van der Waals surface area contributed by atoms with E-state index in [0.717, 1.165) is 4.90 Å². The molecule has 96 valence electrons. The van der Waals surface area contributed by atoms with Gasteiger partial charge in [-0.25, -0.2) is 0 Å². The molecule has 0 radical (unpaired) electrons. The number of carbonyl (C=O) groups excluding carboxylic acids is 2. The van der Waals surface area contributed by atoms with Crippen LogP contribution in [0.3, 0.4) is 0 Å². The van der Waals surface area contributed by atoms with Crippen LogP contribution in [0.5, 0.6) is 11.5 Å². The van der Waals surface area contributed by atoms with E-state index in [-0.39, 0.29) is 23.5 Å². The van der Waals surface area contributed by atoms with Crippen LogP contribution in [-0.2, 0) is 16.0 Å². The number of phenols is 2. The maximum absolute atomic E-state index is 11.8. The number of phenolic OH excluding ortho intramolecular Hbond substituents is 2. The van der Waals surface area contributed by atoms with Gasteiger partial charge in [-0.2, -0.15) is 0 Å². The van der Waals surface area contributed by atoms with Crippen molar-refractivity contribution in [1.29, 1.82) is 0 Å². The maximum Gasteiger partial charge on any atom is 0.255 e. The molecule has 1 aromatic carbocycles. The van der Waals surface area contributed by atoms with Gasteiger partial charge in [0.25, 0.3) is 5.91 Å². The quantitative estimate of drug-likeness (QED) is 0.623. The molecule has 1 aromatic rings. The minimum absolute atomic E-state index is 0.0383. The van der Waals surface area contributed by atoms with E-state index in [0.29, 0.717) is 5.56 Å². The number of nitrogens with zero attached hydrogens (tertiary/aromatic N) is 1. The number of aromatic hydroxyl groups is 2. The highest BCUT2D eigenvalue weighted by atomic mass is 16.3. The predicted octanol–water partition coefficient (Wildman–Crippen LogP) is 1.20. The van der Waals surface area contributed by atoms with Crippen LogP contribution < -0.4 is 0 Å². The normalized spacial score (nSPS) is 9.89. The lowest BCUT2D eigenvalue weighted by molar-refractivity contribution is -0.140. The van der Waals surface area contributed by atoms with Crippen molar-refractivity contribution < 1.29 is 19.8 Å². The molecule has 0 unspecified atom stereocenters. The van der Waals surface area contributed by atoms with Crippen molar-refractivity contribution in [2.75, 3.05) is 7.05 Å². The van der Waals surface area contributed by atoms with E-state index in [1.165, 1.54) is 32.2 Å². The van der Waals surface area contributed by atoms with Crippen molar-refractivity contribution in [3.63, 3.8) is 0 Å². The molecule has 2 N–H and O–H groups in total. The zero-order chi connectivity index (χ0) is 13.9. The van der Waals surface area contributed by atoms with E-state index in [4.69, 9.17) is 5.11 Å². The summed E-state index contributed by atoms with van der Waals surface area (Å²) in [4.78, 5) is 24.3. The highest BCUT2D eigenvalue weighted by Gasteiger charge is 2.17. The Labute approximate surface area is 105 Å². The van der Waals surface area contributed by atoms with Gasteiger partial charge in [0.2, 0.25) is 5.91 Å². The van der Waals surface area contributed by atoms with Crippen molar-refractivity contribution in [2.24, 2.45) is 0 Å². The summed E-state index contributed by atoms with van der Waals surface area (Å²) in [5.74, 6) is -1.40. The van der Waals surface area contributed by atoms with Gasteiger partial charge in [0.15, 0.2) is 11.5 Å². The summed E-state index contributed by atoms with van der Waals surface area (Å²) in [6, 6.07) is 4.08. The molecule has 0 aliphatic carbocycles. The first-order valence-electron chi connectivity index (χ1n) is 5.30. The first-order chi connectivity index (χ1) is 8.32. The molecule has 18 heavy (non-hydrogen) atoms. The highest BCUT2D eigenvalue weighted by molar-refractivity contribution is 6.03. The molecule has 0 spiro atoms. The van der Waals surface area contributed by atoms with Gasteiger partial charge < -0.3 is 10.2 Å². The second-order valence-corrected chi connectivity index (χ2v) is 4.04. The minimum atomic E-state index is -0.442. The van der Waals surface area contributed by atoms with E-state index in [1.807, 2.05) is 0 Å². The van der Waals surface area contributed by atoms with Gasteiger partial charge in [-0.15, -0.1) is 0 Å². The Bertz CT molecular complexity index is 508. The summed E-state index contributed by atoms with van der Waals surface area (Å²) in [5, 5.41) is 18.4. The molecule has 0 saturated carbocycles. The number of hydrogen-bond donors (Lipinski definition) is 2. The molecule has 0 fully saturated rings. The van der Waals surface area contributed by atoms with E-state index >= 15 is 0 Å². The van der Waals surface area contributed by atoms with E-state index < -0.39 is 11.8 Å². The Morgan fingerprint density at radius 2 is 1.89 bits per heavy atom. The first-order valence-corrected chi connectivity index (χ1v) is 5.30. The fourth-order valence-corrected chi connectivity index (χ4v) is 1.37. The first kappa shape index (κ1) is 13.8. The highest BCUT2D eigenvalue weighted by Crippen LogP contribution is 2.25. The largest absolute Gasteiger partial charge is 0.504 e. The number of imide groups is 1. The lowest BCUT2D eigenvalue weighted by Gasteiger charge is -2.15. The van der Waals surface area contributed by atoms with Crippen molar-refractivity contribution in [2.45, 2.75) is 13.3 Å². The molecule has 5 heteroatoms. The van der Waals surface area contributed by atoms with Gasteiger partial charge in [0.1, 0.15) is 0 Å². The number of benzene rings is 1. The van der Waals surface area contributed by atoms with E-state index in [9.17, 15) is 14.7 Å². The fourth-order valence-electron chi connectivity index (χ4n) is 1.37. The Kier molecular flexibility index (Phi) is 4.09. The van der Waals surface area contributed by atoms with Crippen LogP contribution in [0.4, 0.5) is 0 Å². The molecule has 0 heterocycles. The number of carbonyl (C=O) groups is 2. The molecular formula is C13H15NO4. The van der Waals surface area contributed by atoms with Crippen molar-refractivity contribution in [3.8, 4) is 11.5 Å². The van der Waals surface area contributed by atoms with Gasteiger partial charge >= 0.3 is 0 Å². The van der Waals surface area contributed by atoms with E-state index in [2.05, 4.69) is 6.58 Å². The standard InChI is InChI=1S/C13H15NO4/c1-8(2)13(18)14(3)12(17)7-9-4-5-10(15)11(16)6-9/h4-6,15-16H,1,7H2,2-3H3. The van der Waals surface area contributed by atoms with Gasteiger partial charge in [0.05, 0.1) is 6.42 Å². The molecule has 0 aliphatic heterocycles. The summed E-state index contributed by atoms with van der Waals surface area (Å²) in [6.07, 6.45) is -0.0383. The summed E-state index contributed by atoms with van der Waals surface area (Å²) >= 11 is 0. The molecule has 2 amide bonds. The third kappa shape index (κ3) is 3.10. The zero-order valence-corrected chi connectivity index (χ0v) is 10.3. The average molecular weight is 249 g/mol. The number of likely N-dealkylation sites (N-methyl/N-ethyl adjacent to an activating group) is 1. The van der Waals surface area contributed by atoms with E-state index in [1.54, 1.807) is 0 Å². The molecule has 5 nitrogen and oxygen atoms in total. The number of rotatable bonds is 3. The molecule has 1 rings (SSSR count). The minimum Gasteiger partial charge on any atom is -0.504 e. The SMILES string of the molecule is C=C(C)C(=O)N(C)C(=O)Cc1ccc(O)c(O)c1. The average Bonchev–Trinajstić information content (AvgIpc) is 2.31. The van der Waals surface area contributed by atoms with Crippen molar-refractivity contribution in [3.05, 3.63) is 35.9 Å². The third-order valence-corrected chi connectivity index (χ3v) is 2.44. The van der Waals surface area contributed by atoms with Crippen LogP contribution in [0.2, 0.25) is 0 Å². The smallest absolute Gasteiger partial charge is 0.255 e. The second-order valence-electron chi connectivity index (χ2n) is 4.04. The van der Waals surface area contributed by atoms with Gasteiger partial charge in [-0.05, 0) is 24.6 Å². The maximum atomic E-state index is 11.8. The Morgan fingerprint density at radius 3 is 2.39 bits per heavy atom. The molecule has 0 bridgehead atoms. The lowest BCUT2D eigenvalue weighted by Crippen LogP contribution is -2.34. The Morgan fingerprint density at radius 1 is 1.28 bits per heavy atom. The summed E-state index contributed by atoms with van der Waals surface area (Å²) in [6.45, 7) is 5.00. The second kappa shape index (κ2) is 5.35. The van der Waals surface area contributed by atoms with Gasteiger partial charge in [0, 0.05) is 12.6 Å². The summed E-state index contributed by atoms with van der Waals surface area (Å²) in [5.41, 5.74) is 0.788. The Balaban J connectivity index is 2.78. The van der Waals surface area contributed by atoms with Gasteiger partial charge in [-0.1, -0.05) is 12.6 Å². The Hall–Kier alpha value is -2.30. The van der Waals surface area contributed by atoms with Crippen LogP contribution in [0.25, 0.3) is 0 Å². The van der Waals surface area contributed by atoms with Crippen LogP contribution in [0.15, 0.2) is 30.4 Å². The van der Waals surface area contributed by atoms with Crippen LogP contribution in [-0.4, -0.2) is 34.0 Å². The molecule has 0 atom stereocenters. The zero-order valence-electron chi connectivity index (χ0n) is 10.3. The number of amides is 2. The molecule has 0 saturated heterocycles. The summed E-state index contributed by atoms with van der Waals surface area (Å²) in [7, 11) is 1.37. The summed E-state index contributed by atoms with van der Waals surface area (Å²) < 4.78 is 0. The van der Waals surface area contributed by atoms with Crippen molar-refractivity contribution in [1.82, 2.24) is 4.90 Å². The van der Waals surface area contributed by atoms with Crippen LogP contribution >= 0.6 is 0 Å². The van der Waals surface area contributed by atoms with Gasteiger partial charge in [-0.3, -0.25) is 14.5 Å². The van der Waals surface area contributed by atoms with Crippen LogP contribution in [0.1, 0.15) is 12.5 Å². The van der Waals surface area contributed by atoms with Crippen molar-refractivity contribution >= 4 is 11.8 Å². The lowest BCUT2D eigenvalue weighted by atomic mass is 10.1. The van der Waals surface area contributed by atoms with Crippen LogP contribution in [0, 0.1) is 0 Å². The topological polar surface area (TPSA) is 77.8 Å².